The van der Waals surface area contributed by atoms with E-state index in [4.69, 9.17) is 27.9 Å². The van der Waals surface area contributed by atoms with Crippen molar-refractivity contribution in [1.82, 2.24) is 9.55 Å². The Morgan fingerprint density at radius 3 is 2.76 bits per heavy atom. The summed E-state index contributed by atoms with van der Waals surface area (Å²) in [5, 5.41) is 11.2. The Labute approximate surface area is 128 Å². The lowest BCUT2D eigenvalue weighted by Gasteiger charge is -2.08. The van der Waals surface area contributed by atoms with E-state index in [0.717, 1.165) is 0 Å². The number of nitro groups is 1. The third kappa shape index (κ3) is 3.14. The third-order valence-electron chi connectivity index (χ3n) is 2.74. The van der Waals surface area contributed by atoms with E-state index in [-0.39, 0.29) is 28.2 Å². The number of hydrogen-bond acceptors (Lipinski definition) is 5. The van der Waals surface area contributed by atoms with Crippen LogP contribution in [0.25, 0.3) is 0 Å². The molecule has 0 N–H and O–H groups in total. The number of benzene rings is 1. The lowest BCUT2D eigenvalue weighted by molar-refractivity contribution is -0.385. The van der Waals surface area contributed by atoms with Gasteiger partial charge >= 0.3 is 0 Å². The van der Waals surface area contributed by atoms with Gasteiger partial charge < -0.3 is 4.74 Å². The van der Waals surface area contributed by atoms with Crippen molar-refractivity contribution in [1.29, 1.82) is 0 Å². The molecular weight excluding hydrogens is 321 g/mol. The van der Waals surface area contributed by atoms with Crippen molar-refractivity contribution in [2.24, 2.45) is 0 Å². The standard InChI is InChI=1S/C12H9Cl2N3O4/c1-21-10-11(14)15-6-16(12(10)18)5-7-2-3-8(13)4-9(7)17(19)20/h2-4,6H,5H2,1H3. The topological polar surface area (TPSA) is 87.3 Å². The largest absolute Gasteiger partial charge is 0.489 e. The van der Waals surface area contributed by atoms with Gasteiger partial charge in [-0.25, -0.2) is 4.98 Å². The van der Waals surface area contributed by atoms with Gasteiger partial charge in [0.05, 0.1) is 24.9 Å². The molecule has 0 radical (unpaired) electrons. The molecule has 2 aromatic rings. The molecule has 0 atom stereocenters. The molecule has 2 rings (SSSR count). The molecule has 1 heterocycles. The van der Waals surface area contributed by atoms with Crippen LogP contribution in [0.5, 0.6) is 5.75 Å². The first-order valence-corrected chi connectivity index (χ1v) is 6.41. The van der Waals surface area contributed by atoms with Crippen molar-refractivity contribution < 1.29 is 9.66 Å². The molecule has 0 aliphatic carbocycles. The Hall–Kier alpha value is -2.12. The molecule has 0 unspecified atom stereocenters. The molecule has 7 nitrogen and oxygen atoms in total. The fourth-order valence-electron chi connectivity index (χ4n) is 1.76. The van der Waals surface area contributed by atoms with Gasteiger partial charge in [-0.05, 0) is 12.1 Å². The van der Waals surface area contributed by atoms with E-state index in [2.05, 4.69) is 4.98 Å². The summed E-state index contributed by atoms with van der Waals surface area (Å²) in [4.78, 5) is 26.4. The maximum atomic E-state index is 12.1. The summed E-state index contributed by atoms with van der Waals surface area (Å²) in [6.07, 6.45) is 1.20. The van der Waals surface area contributed by atoms with Crippen molar-refractivity contribution in [3.8, 4) is 5.75 Å². The molecule has 1 aromatic carbocycles. The van der Waals surface area contributed by atoms with Crippen LogP contribution in [0.2, 0.25) is 10.2 Å². The van der Waals surface area contributed by atoms with Gasteiger partial charge in [0, 0.05) is 16.7 Å². The molecule has 0 saturated carbocycles. The molecule has 110 valence electrons. The normalized spacial score (nSPS) is 10.4. The highest BCUT2D eigenvalue weighted by Gasteiger charge is 2.17. The number of ether oxygens (including phenoxy) is 1. The summed E-state index contributed by atoms with van der Waals surface area (Å²) >= 11 is 11.5. The number of rotatable bonds is 4. The lowest BCUT2D eigenvalue weighted by atomic mass is 10.2. The third-order valence-corrected chi connectivity index (χ3v) is 3.25. The van der Waals surface area contributed by atoms with Gasteiger partial charge in [0.1, 0.15) is 0 Å². The average molecular weight is 330 g/mol. The molecule has 21 heavy (non-hydrogen) atoms. The van der Waals surface area contributed by atoms with Crippen LogP contribution in [0.15, 0.2) is 29.3 Å². The van der Waals surface area contributed by atoms with E-state index in [1.807, 2.05) is 0 Å². The molecule has 0 aliphatic heterocycles. The molecule has 0 spiro atoms. The molecule has 0 aliphatic rings. The summed E-state index contributed by atoms with van der Waals surface area (Å²) in [6, 6.07) is 4.21. The minimum atomic E-state index is -0.563. The summed E-state index contributed by atoms with van der Waals surface area (Å²) in [7, 11) is 1.29. The van der Waals surface area contributed by atoms with Crippen LogP contribution in [0.3, 0.4) is 0 Å². The number of methoxy groups -OCH3 is 1. The number of aromatic nitrogens is 2. The van der Waals surface area contributed by atoms with Crippen LogP contribution in [0, 0.1) is 10.1 Å². The fraction of sp³-hybridized carbons (Fsp3) is 0.167. The minimum Gasteiger partial charge on any atom is -0.489 e. The highest BCUT2D eigenvalue weighted by atomic mass is 35.5. The second-order valence-corrected chi connectivity index (χ2v) is 4.83. The number of halogens is 2. The Kier molecular flexibility index (Phi) is 4.44. The Morgan fingerprint density at radius 1 is 1.43 bits per heavy atom. The monoisotopic (exact) mass is 329 g/mol. The molecule has 0 saturated heterocycles. The van der Waals surface area contributed by atoms with E-state index in [1.54, 1.807) is 0 Å². The Bertz CT molecular complexity index is 761. The first kappa shape index (κ1) is 15.3. The van der Waals surface area contributed by atoms with Gasteiger partial charge in [0.2, 0.25) is 5.75 Å². The zero-order chi connectivity index (χ0) is 15.6. The molecule has 0 bridgehead atoms. The van der Waals surface area contributed by atoms with Crippen LogP contribution in [0.4, 0.5) is 5.69 Å². The zero-order valence-electron chi connectivity index (χ0n) is 10.7. The van der Waals surface area contributed by atoms with E-state index < -0.39 is 10.5 Å². The van der Waals surface area contributed by atoms with Crippen LogP contribution in [0.1, 0.15) is 5.56 Å². The second kappa shape index (κ2) is 6.11. The van der Waals surface area contributed by atoms with Gasteiger partial charge in [-0.3, -0.25) is 19.5 Å². The smallest absolute Gasteiger partial charge is 0.297 e. The number of nitro benzene ring substituents is 1. The van der Waals surface area contributed by atoms with Crippen molar-refractivity contribution in [3.63, 3.8) is 0 Å². The van der Waals surface area contributed by atoms with Crippen LogP contribution < -0.4 is 10.3 Å². The molecular formula is C12H9Cl2N3O4. The second-order valence-electron chi connectivity index (χ2n) is 4.03. The summed E-state index contributed by atoms with van der Waals surface area (Å²) in [5.74, 6) is -0.115. The van der Waals surface area contributed by atoms with E-state index in [9.17, 15) is 14.9 Å². The highest BCUT2D eigenvalue weighted by molar-refractivity contribution is 6.31. The van der Waals surface area contributed by atoms with Gasteiger partial charge in [0.15, 0.2) is 5.15 Å². The summed E-state index contributed by atoms with van der Waals surface area (Å²) in [5.41, 5.74) is -0.386. The maximum absolute atomic E-state index is 12.1. The molecule has 1 aromatic heterocycles. The van der Waals surface area contributed by atoms with Crippen LogP contribution in [-0.4, -0.2) is 21.6 Å². The molecule has 9 heteroatoms. The summed E-state index contributed by atoms with van der Waals surface area (Å²) < 4.78 is 6.04. The summed E-state index contributed by atoms with van der Waals surface area (Å²) in [6.45, 7) is -0.0488. The molecule has 0 fully saturated rings. The number of nitrogens with zero attached hydrogens (tertiary/aromatic N) is 3. The Morgan fingerprint density at radius 2 is 2.14 bits per heavy atom. The van der Waals surface area contributed by atoms with Crippen molar-refractivity contribution in [3.05, 3.63) is 60.7 Å². The first-order valence-electron chi connectivity index (χ1n) is 5.65. The Balaban J connectivity index is 2.49. The van der Waals surface area contributed by atoms with Gasteiger partial charge in [-0.15, -0.1) is 0 Å². The average Bonchev–Trinajstić information content (AvgIpc) is 2.44. The SMILES string of the molecule is COc1c(Cl)ncn(Cc2ccc(Cl)cc2[N+](=O)[O-])c1=O. The predicted molar refractivity (Wildman–Crippen MR) is 77.3 cm³/mol. The fourth-order valence-corrected chi connectivity index (χ4v) is 2.13. The van der Waals surface area contributed by atoms with Crippen LogP contribution >= 0.6 is 23.2 Å². The van der Waals surface area contributed by atoms with E-state index in [0.29, 0.717) is 5.56 Å². The van der Waals surface area contributed by atoms with Crippen molar-refractivity contribution >= 4 is 28.9 Å². The highest BCUT2D eigenvalue weighted by Crippen LogP contribution is 2.24. The first-order chi connectivity index (χ1) is 9.93. The van der Waals surface area contributed by atoms with Gasteiger partial charge in [-0.1, -0.05) is 23.2 Å². The van der Waals surface area contributed by atoms with Gasteiger partial charge in [-0.2, -0.15) is 0 Å². The zero-order valence-corrected chi connectivity index (χ0v) is 12.3. The quantitative estimate of drug-likeness (QED) is 0.488. The predicted octanol–water partition coefficient (Wildman–Crippen LogP) is 2.52. The van der Waals surface area contributed by atoms with E-state index in [1.165, 1.54) is 36.2 Å². The van der Waals surface area contributed by atoms with E-state index >= 15 is 0 Å². The van der Waals surface area contributed by atoms with Gasteiger partial charge in [0.25, 0.3) is 11.2 Å². The molecule has 0 amide bonds. The van der Waals surface area contributed by atoms with Crippen LogP contribution in [-0.2, 0) is 6.54 Å². The number of hydrogen-bond donors (Lipinski definition) is 0. The van der Waals surface area contributed by atoms with Crippen molar-refractivity contribution in [2.75, 3.05) is 7.11 Å². The minimum absolute atomic E-state index is 0.0488. The lowest BCUT2D eigenvalue weighted by Crippen LogP contribution is -2.23. The van der Waals surface area contributed by atoms with Crippen molar-refractivity contribution in [2.45, 2.75) is 6.54 Å². The maximum Gasteiger partial charge on any atom is 0.297 e.